The molecule has 96 valence electrons. The number of anilines is 1. The number of nitrogens with zero attached hydrogens (tertiary/aromatic N) is 2. The third-order valence-corrected chi connectivity index (χ3v) is 3.96. The van der Waals surface area contributed by atoms with E-state index in [0.717, 1.165) is 25.9 Å². The fourth-order valence-corrected chi connectivity index (χ4v) is 2.79. The van der Waals surface area contributed by atoms with E-state index in [0.29, 0.717) is 11.0 Å². The first kappa shape index (κ1) is 12.7. The van der Waals surface area contributed by atoms with Crippen molar-refractivity contribution in [3.63, 3.8) is 0 Å². The Morgan fingerprint density at radius 2 is 2.00 bits per heavy atom. The molecule has 1 aromatic heterocycles. The maximum Gasteiger partial charge on any atom is 0.205 e. The molecule has 5 heteroatoms. The summed E-state index contributed by atoms with van der Waals surface area (Å²) < 4.78 is 3.07. The van der Waals surface area contributed by atoms with Crippen molar-refractivity contribution in [3.8, 4) is 5.69 Å². The molecular formula is C14H11ClIN3. The van der Waals surface area contributed by atoms with Gasteiger partial charge in [-0.1, -0.05) is 17.7 Å². The number of hydrogen-bond acceptors (Lipinski definition) is 2. The van der Waals surface area contributed by atoms with E-state index < -0.39 is 0 Å². The highest BCUT2D eigenvalue weighted by Crippen LogP contribution is 2.28. The molecule has 0 fully saturated rings. The lowest BCUT2D eigenvalue weighted by molar-refractivity contribution is 1.09. The zero-order chi connectivity index (χ0) is 13.6. The van der Waals surface area contributed by atoms with Gasteiger partial charge in [0.05, 0.1) is 16.7 Å². The molecule has 0 aliphatic rings. The molecule has 1 heterocycles. The van der Waals surface area contributed by atoms with Crippen LogP contribution in [-0.2, 0) is 0 Å². The van der Waals surface area contributed by atoms with E-state index >= 15 is 0 Å². The van der Waals surface area contributed by atoms with Gasteiger partial charge in [-0.2, -0.15) is 0 Å². The van der Waals surface area contributed by atoms with Gasteiger partial charge in [0.1, 0.15) is 0 Å². The van der Waals surface area contributed by atoms with Crippen LogP contribution in [0, 0.1) is 10.5 Å². The molecule has 0 saturated carbocycles. The Bertz CT molecular complexity index is 780. The number of rotatable bonds is 1. The summed E-state index contributed by atoms with van der Waals surface area (Å²) in [7, 11) is 0. The summed E-state index contributed by atoms with van der Waals surface area (Å²) in [6, 6.07) is 11.9. The number of hydrogen-bond donors (Lipinski definition) is 1. The van der Waals surface area contributed by atoms with Crippen LogP contribution in [0.1, 0.15) is 5.56 Å². The smallest absolute Gasteiger partial charge is 0.205 e. The van der Waals surface area contributed by atoms with Crippen LogP contribution in [0.2, 0.25) is 5.02 Å². The molecular weight excluding hydrogens is 373 g/mol. The van der Waals surface area contributed by atoms with Crippen LogP contribution in [0.5, 0.6) is 0 Å². The number of nitrogens with two attached hydrogens (primary N) is 1. The number of imidazole rings is 1. The Hall–Kier alpha value is -1.27. The van der Waals surface area contributed by atoms with Crippen molar-refractivity contribution < 1.29 is 0 Å². The maximum atomic E-state index is 6.09. The Labute approximate surface area is 129 Å². The summed E-state index contributed by atoms with van der Waals surface area (Å²) in [4.78, 5) is 4.41. The lowest BCUT2D eigenvalue weighted by Crippen LogP contribution is -2.02. The molecule has 0 bridgehead atoms. The van der Waals surface area contributed by atoms with Crippen molar-refractivity contribution >= 4 is 51.2 Å². The van der Waals surface area contributed by atoms with Gasteiger partial charge in [-0.25, -0.2) is 4.98 Å². The molecule has 0 unspecified atom stereocenters. The fraction of sp³-hybridized carbons (Fsp3) is 0.0714. The van der Waals surface area contributed by atoms with Gasteiger partial charge in [0.2, 0.25) is 5.95 Å². The van der Waals surface area contributed by atoms with Gasteiger partial charge >= 0.3 is 0 Å². The number of benzene rings is 2. The van der Waals surface area contributed by atoms with E-state index in [1.165, 1.54) is 0 Å². The highest BCUT2D eigenvalue weighted by molar-refractivity contribution is 14.1. The molecule has 0 aliphatic heterocycles. The van der Waals surface area contributed by atoms with E-state index in [9.17, 15) is 0 Å². The highest BCUT2D eigenvalue weighted by atomic mass is 127. The molecule has 0 aliphatic carbocycles. The van der Waals surface area contributed by atoms with Crippen molar-refractivity contribution in [1.82, 2.24) is 9.55 Å². The number of aryl methyl sites for hydroxylation is 1. The third kappa shape index (κ3) is 2.19. The summed E-state index contributed by atoms with van der Waals surface area (Å²) >= 11 is 8.35. The van der Waals surface area contributed by atoms with Gasteiger partial charge in [-0.15, -0.1) is 0 Å². The number of nitrogen functional groups attached to an aromatic ring is 1. The molecule has 3 nitrogen and oxygen atoms in total. The van der Waals surface area contributed by atoms with Gasteiger partial charge in [0.25, 0.3) is 0 Å². The number of halogens is 2. The Morgan fingerprint density at radius 3 is 2.79 bits per heavy atom. The van der Waals surface area contributed by atoms with Crippen LogP contribution >= 0.6 is 34.2 Å². The molecule has 0 amide bonds. The van der Waals surface area contributed by atoms with Crippen LogP contribution in [0.15, 0.2) is 36.4 Å². The van der Waals surface area contributed by atoms with E-state index in [2.05, 4.69) is 27.6 Å². The molecule has 2 aromatic carbocycles. The van der Waals surface area contributed by atoms with Gasteiger partial charge in [0.15, 0.2) is 0 Å². The monoisotopic (exact) mass is 383 g/mol. The average molecular weight is 384 g/mol. The lowest BCUT2D eigenvalue weighted by Gasteiger charge is -2.10. The van der Waals surface area contributed by atoms with Gasteiger partial charge in [0, 0.05) is 8.59 Å². The Kier molecular flexibility index (Phi) is 3.14. The minimum atomic E-state index is 0.474. The second kappa shape index (κ2) is 4.68. The summed E-state index contributed by atoms with van der Waals surface area (Å²) in [6.07, 6.45) is 0. The molecule has 3 rings (SSSR count). The average Bonchev–Trinajstić information content (AvgIpc) is 2.67. The fourth-order valence-electron chi connectivity index (χ4n) is 2.15. The van der Waals surface area contributed by atoms with E-state index in [4.69, 9.17) is 17.3 Å². The predicted molar refractivity (Wildman–Crippen MR) is 87.9 cm³/mol. The molecule has 0 spiro atoms. The number of aromatic nitrogens is 2. The van der Waals surface area contributed by atoms with Crippen LogP contribution < -0.4 is 5.73 Å². The summed E-state index contributed by atoms with van der Waals surface area (Å²) in [5.41, 5.74) is 10.0. The summed E-state index contributed by atoms with van der Waals surface area (Å²) in [5, 5.41) is 0.687. The van der Waals surface area contributed by atoms with Crippen molar-refractivity contribution in [2.45, 2.75) is 6.92 Å². The Balaban J connectivity index is 2.36. The predicted octanol–water partition coefficient (Wildman–Crippen LogP) is 4.17. The normalized spacial score (nSPS) is 11.1. The van der Waals surface area contributed by atoms with E-state index in [1.807, 2.05) is 47.9 Å². The quantitative estimate of drug-likeness (QED) is 0.641. The molecule has 2 N–H and O–H groups in total. The molecule has 3 aromatic rings. The number of fused-ring (bicyclic) bond motifs is 1. The van der Waals surface area contributed by atoms with Crippen molar-refractivity contribution in [3.05, 3.63) is 50.6 Å². The van der Waals surface area contributed by atoms with E-state index in [1.54, 1.807) is 0 Å². The summed E-state index contributed by atoms with van der Waals surface area (Å²) in [5.74, 6) is 0.474. The van der Waals surface area contributed by atoms with Crippen LogP contribution in [0.4, 0.5) is 5.95 Å². The molecule has 0 atom stereocenters. The van der Waals surface area contributed by atoms with Crippen molar-refractivity contribution in [2.24, 2.45) is 0 Å². The van der Waals surface area contributed by atoms with Crippen molar-refractivity contribution in [2.75, 3.05) is 5.73 Å². The molecule has 19 heavy (non-hydrogen) atoms. The maximum absolute atomic E-state index is 6.09. The van der Waals surface area contributed by atoms with Gasteiger partial charge in [-0.3, -0.25) is 4.57 Å². The topological polar surface area (TPSA) is 43.8 Å². The van der Waals surface area contributed by atoms with Crippen LogP contribution in [0.3, 0.4) is 0 Å². The SMILES string of the molecule is Cc1ccc(Cl)cc1-n1c(N)nc2cc(I)ccc21. The first-order valence-electron chi connectivity index (χ1n) is 5.76. The zero-order valence-electron chi connectivity index (χ0n) is 10.2. The first-order valence-corrected chi connectivity index (χ1v) is 7.22. The lowest BCUT2D eigenvalue weighted by atomic mass is 10.2. The van der Waals surface area contributed by atoms with Gasteiger partial charge in [-0.05, 0) is 65.4 Å². The first-order chi connectivity index (χ1) is 9.06. The molecule has 0 radical (unpaired) electrons. The summed E-state index contributed by atoms with van der Waals surface area (Å²) in [6.45, 7) is 2.03. The largest absolute Gasteiger partial charge is 0.369 e. The minimum absolute atomic E-state index is 0.474. The molecule has 0 saturated heterocycles. The van der Waals surface area contributed by atoms with E-state index in [-0.39, 0.29) is 0 Å². The van der Waals surface area contributed by atoms with Crippen molar-refractivity contribution in [1.29, 1.82) is 0 Å². The highest BCUT2D eigenvalue weighted by Gasteiger charge is 2.12. The second-order valence-corrected chi connectivity index (χ2v) is 6.05. The van der Waals surface area contributed by atoms with Crippen LogP contribution in [-0.4, -0.2) is 9.55 Å². The third-order valence-electron chi connectivity index (χ3n) is 3.05. The Morgan fingerprint density at radius 1 is 1.21 bits per heavy atom. The van der Waals surface area contributed by atoms with Gasteiger partial charge < -0.3 is 5.73 Å². The standard InChI is InChI=1S/C14H11ClIN3/c1-8-2-3-9(15)6-13(8)19-12-5-4-10(16)7-11(12)18-14(19)17/h2-7H,1H3,(H2,17,18). The minimum Gasteiger partial charge on any atom is -0.369 e. The zero-order valence-corrected chi connectivity index (χ0v) is 13.1. The second-order valence-electron chi connectivity index (χ2n) is 4.37. The van der Waals surface area contributed by atoms with Crippen LogP contribution in [0.25, 0.3) is 16.7 Å².